The van der Waals surface area contributed by atoms with Gasteiger partial charge in [0.05, 0.1) is 29.6 Å². The van der Waals surface area contributed by atoms with E-state index in [-0.39, 0.29) is 10.7 Å². The molecule has 0 aliphatic carbocycles. The lowest BCUT2D eigenvalue weighted by Crippen LogP contribution is -2.13. The quantitative estimate of drug-likeness (QED) is 0.697. The molecule has 0 atom stereocenters. The van der Waals surface area contributed by atoms with Crippen molar-refractivity contribution < 1.29 is 12.8 Å². The van der Waals surface area contributed by atoms with Crippen molar-refractivity contribution in [2.24, 2.45) is 0 Å². The highest BCUT2D eigenvalue weighted by molar-refractivity contribution is 7.92. The number of anilines is 2. The second kappa shape index (κ2) is 6.94. The monoisotopic (exact) mass is 363 g/mol. The van der Waals surface area contributed by atoms with Crippen LogP contribution >= 0.6 is 11.6 Å². The standard InChI is InChI=1S/C16H14ClN3O3S/c17-12-3-1-5-15(9-12)24(21,22)20-16-7-6-13(10-19-16)18-11-14-4-2-8-23-14/h1-10,18H,11H2,(H,19,20). The molecule has 0 spiro atoms. The van der Waals surface area contributed by atoms with Crippen molar-refractivity contribution in [1.29, 1.82) is 0 Å². The normalized spacial score (nSPS) is 11.2. The molecule has 0 unspecified atom stereocenters. The van der Waals surface area contributed by atoms with E-state index in [0.717, 1.165) is 11.4 Å². The molecule has 2 aromatic heterocycles. The van der Waals surface area contributed by atoms with Crippen LogP contribution in [-0.2, 0) is 16.6 Å². The first kappa shape index (κ1) is 16.4. The van der Waals surface area contributed by atoms with E-state index in [1.165, 1.54) is 12.1 Å². The number of nitrogens with zero attached hydrogens (tertiary/aromatic N) is 1. The van der Waals surface area contributed by atoms with Crippen LogP contribution in [0.1, 0.15) is 5.76 Å². The van der Waals surface area contributed by atoms with Gasteiger partial charge in [-0.05, 0) is 42.5 Å². The van der Waals surface area contributed by atoms with E-state index in [1.807, 2.05) is 12.1 Å². The summed E-state index contributed by atoms with van der Waals surface area (Å²) >= 11 is 5.83. The number of rotatable bonds is 6. The van der Waals surface area contributed by atoms with Gasteiger partial charge in [0.2, 0.25) is 0 Å². The summed E-state index contributed by atoms with van der Waals surface area (Å²) in [6.45, 7) is 0.516. The van der Waals surface area contributed by atoms with Gasteiger partial charge >= 0.3 is 0 Å². The van der Waals surface area contributed by atoms with Crippen molar-refractivity contribution in [3.8, 4) is 0 Å². The van der Waals surface area contributed by atoms with Crippen LogP contribution in [0, 0.1) is 0 Å². The van der Waals surface area contributed by atoms with Crippen molar-refractivity contribution >= 4 is 33.1 Å². The van der Waals surface area contributed by atoms with E-state index in [9.17, 15) is 8.42 Å². The minimum Gasteiger partial charge on any atom is -0.467 e. The van der Waals surface area contributed by atoms with Crippen molar-refractivity contribution in [3.63, 3.8) is 0 Å². The number of hydrogen-bond donors (Lipinski definition) is 2. The highest BCUT2D eigenvalue weighted by atomic mass is 35.5. The zero-order chi connectivity index (χ0) is 17.0. The maximum atomic E-state index is 12.3. The molecule has 124 valence electrons. The Morgan fingerprint density at radius 2 is 2.00 bits per heavy atom. The summed E-state index contributed by atoms with van der Waals surface area (Å²) in [5.74, 6) is 1.01. The summed E-state index contributed by atoms with van der Waals surface area (Å²) in [6.07, 6.45) is 3.14. The predicted octanol–water partition coefficient (Wildman–Crippen LogP) is 3.74. The fourth-order valence-corrected chi connectivity index (χ4v) is 3.30. The minimum atomic E-state index is -3.73. The molecule has 2 N–H and O–H groups in total. The Hall–Kier alpha value is -2.51. The number of halogens is 1. The average Bonchev–Trinajstić information content (AvgIpc) is 3.07. The Balaban J connectivity index is 1.67. The largest absolute Gasteiger partial charge is 0.467 e. The predicted molar refractivity (Wildman–Crippen MR) is 92.5 cm³/mol. The van der Waals surface area contributed by atoms with Crippen molar-refractivity contribution in [2.75, 3.05) is 10.0 Å². The van der Waals surface area contributed by atoms with Crippen LogP contribution in [0.2, 0.25) is 5.02 Å². The summed E-state index contributed by atoms with van der Waals surface area (Å²) in [6, 6.07) is 13.0. The average molecular weight is 364 g/mol. The van der Waals surface area contributed by atoms with E-state index >= 15 is 0 Å². The molecule has 3 aromatic rings. The molecule has 0 amide bonds. The van der Waals surface area contributed by atoms with Crippen molar-refractivity contribution in [1.82, 2.24) is 4.98 Å². The van der Waals surface area contributed by atoms with Gasteiger partial charge in [-0.3, -0.25) is 4.72 Å². The summed E-state index contributed by atoms with van der Waals surface area (Å²) in [5, 5.41) is 3.48. The second-order valence-corrected chi connectivity index (χ2v) is 7.05. The van der Waals surface area contributed by atoms with Gasteiger partial charge in [0.25, 0.3) is 10.0 Å². The zero-order valence-electron chi connectivity index (χ0n) is 12.4. The molecule has 24 heavy (non-hydrogen) atoms. The van der Waals surface area contributed by atoms with Crippen LogP contribution in [0.15, 0.2) is 70.3 Å². The maximum Gasteiger partial charge on any atom is 0.263 e. The van der Waals surface area contributed by atoms with E-state index < -0.39 is 10.0 Å². The van der Waals surface area contributed by atoms with Crippen LogP contribution in [0.3, 0.4) is 0 Å². The van der Waals surface area contributed by atoms with Crippen molar-refractivity contribution in [3.05, 3.63) is 71.8 Å². The first-order chi connectivity index (χ1) is 11.5. The molecule has 0 aliphatic heterocycles. The first-order valence-electron chi connectivity index (χ1n) is 7.04. The Morgan fingerprint density at radius 3 is 2.67 bits per heavy atom. The lowest BCUT2D eigenvalue weighted by atomic mass is 10.4. The third-order valence-corrected chi connectivity index (χ3v) is 4.74. The molecule has 0 fully saturated rings. The fourth-order valence-electron chi connectivity index (χ4n) is 1.99. The topological polar surface area (TPSA) is 84.2 Å². The zero-order valence-corrected chi connectivity index (χ0v) is 14.0. The Kier molecular flexibility index (Phi) is 4.73. The van der Waals surface area contributed by atoms with Gasteiger partial charge in [-0.25, -0.2) is 13.4 Å². The molecular formula is C16H14ClN3O3S. The number of benzene rings is 1. The van der Waals surface area contributed by atoms with Gasteiger partial charge in [0.15, 0.2) is 0 Å². The highest BCUT2D eigenvalue weighted by Gasteiger charge is 2.15. The van der Waals surface area contributed by atoms with E-state index in [4.69, 9.17) is 16.0 Å². The molecule has 0 radical (unpaired) electrons. The number of furan rings is 1. The van der Waals surface area contributed by atoms with E-state index in [0.29, 0.717) is 11.6 Å². The molecule has 8 heteroatoms. The summed E-state index contributed by atoms with van der Waals surface area (Å²) in [7, 11) is -3.73. The smallest absolute Gasteiger partial charge is 0.263 e. The third-order valence-electron chi connectivity index (χ3n) is 3.16. The molecule has 0 bridgehead atoms. The third kappa shape index (κ3) is 4.06. The number of aromatic nitrogens is 1. The van der Waals surface area contributed by atoms with Gasteiger partial charge in [0, 0.05) is 5.02 Å². The number of hydrogen-bond acceptors (Lipinski definition) is 5. The molecular weight excluding hydrogens is 350 g/mol. The molecule has 0 aliphatic rings. The van der Waals surface area contributed by atoms with Gasteiger partial charge in [-0.1, -0.05) is 17.7 Å². The van der Waals surface area contributed by atoms with E-state index in [1.54, 1.807) is 36.7 Å². The van der Waals surface area contributed by atoms with Crippen LogP contribution < -0.4 is 10.0 Å². The number of pyridine rings is 1. The molecule has 0 saturated heterocycles. The Labute approximate surface area is 144 Å². The van der Waals surface area contributed by atoms with Crippen molar-refractivity contribution in [2.45, 2.75) is 11.4 Å². The summed E-state index contributed by atoms with van der Waals surface area (Å²) < 4.78 is 32.2. The molecule has 6 nitrogen and oxygen atoms in total. The molecule has 3 rings (SSSR count). The lowest BCUT2D eigenvalue weighted by molar-refractivity contribution is 0.518. The van der Waals surface area contributed by atoms with Gasteiger partial charge < -0.3 is 9.73 Å². The number of sulfonamides is 1. The van der Waals surface area contributed by atoms with Gasteiger partial charge in [-0.2, -0.15) is 0 Å². The van der Waals surface area contributed by atoms with E-state index in [2.05, 4.69) is 15.0 Å². The minimum absolute atomic E-state index is 0.0804. The first-order valence-corrected chi connectivity index (χ1v) is 8.90. The second-order valence-electron chi connectivity index (χ2n) is 4.93. The fraction of sp³-hybridized carbons (Fsp3) is 0.0625. The van der Waals surface area contributed by atoms with Crippen LogP contribution in [0.4, 0.5) is 11.5 Å². The van der Waals surface area contributed by atoms with Crippen LogP contribution in [0.5, 0.6) is 0 Å². The van der Waals surface area contributed by atoms with Gasteiger partial charge in [-0.15, -0.1) is 0 Å². The molecule has 1 aromatic carbocycles. The van der Waals surface area contributed by atoms with Crippen LogP contribution in [-0.4, -0.2) is 13.4 Å². The molecule has 0 saturated carbocycles. The number of nitrogens with one attached hydrogen (secondary N) is 2. The Bertz CT molecular complexity index is 910. The summed E-state index contributed by atoms with van der Waals surface area (Å²) in [5.41, 5.74) is 0.747. The van der Waals surface area contributed by atoms with Gasteiger partial charge in [0.1, 0.15) is 11.6 Å². The highest BCUT2D eigenvalue weighted by Crippen LogP contribution is 2.19. The maximum absolute atomic E-state index is 12.3. The van der Waals surface area contributed by atoms with Crippen LogP contribution in [0.25, 0.3) is 0 Å². The Morgan fingerprint density at radius 1 is 1.12 bits per heavy atom. The SMILES string of the molecule is O=S(=O)(Nc1ccc(NCc2ccco2)cn1)c1cccc(Cl)c1. The summed E-state index contributed by atoms with van der Waals surface area (Å²) in [4.78, 5) is 4.18. The lowest BCUT2D eigenvalue weighted by Gasteiger charge is -2.09. The molecule has 2 heterocycles.